The molecule has 3 rings (SSSR count). The van der Waals surface area contributed by atoms with Crippen LogP contribution in [0, 0.1) is 30.3 Å². The van der Waals surface area contributed by atoms with Crippen LogP contribution in [0.4, 0.5) is 28.4 Å². The monoisotopic (exact) mass is 511 g/mol. The van der Waals surface area contributed by atoms with E-state index in [4.69, 9.17) is 9.47 Å². The van der Waals surface area contributed by atoms with Crippen molar-refractivity contribution in [3.63, 3.8) is 0 Å². The molecule has 0 aliphatic carbocycles. The number of nitro benzene ring substituents is 3. The predicted molar refractivity (Wildman–Crippen MR) is 128 cm³/mol. The second-order valence-corrected chi connectivity index (χ2v) is 7.22. The van der Waals surface area contributed by atoms with Crippen LogP contribution in [0.1, 0.15) is 20.7 Å². The van der Waals surface area contributed by atoms with Crippen molar-refractivity contribution in [2.75, 3.05) is 24.9 Å². The van der Waals surface area contributed by atoms with Crippen molar-refractivity contribution in [1.82, 2.24) is 0 Å². The van der Waals surface area contributed by atoms with Gasteiger partial charge in [0.2, 0.25) is 0 Å². The standard InChI is InChI=1S/C22H17N5O10/c1-36-19-5-3-14(25(30)31)10-17(19)23-21(28)12-7-13(9-16(8-12)27(34)35)22(29)24-18-11-15(26(32)33)4-6-20(18)37-2/h3-11H,1-2H3,(H,23,28)(H,24,29). The average molecular weight is 511 g/mol. The molecule has 0 spiro atoms. The molecule has 0 saturated carbocycles. The number of benzene rings is 3. The minimum absolute atomic E-state index is 0.0828. The number of nitro groups is 3. The van der Waals surface area contributed by atoms with E-state index >= 15 is 0 Å². The minimum atomic E-state index is -0.926. The highest BCUT2D eigenvalue weighted by atomic mass is 16.6. The average Bonchev–Trinajstić information content (AvgIpc) is 2.88. The summed E-state index contributed by atoms with van der Waals surface area (Å²) in [5.41, 5.74) is -2.10. The minimum Gasteiger partial charge on any atom is -0.495 e. The van der Waals surface area contributed by atoms with Gasteiger partial charge in [-0.25, -0.2) is 0 Å². The molecule has 0 aromatic heterocycles. The number of nitrogens with zero attached hydrogens (tertiary/aromatic N) is 3. The van der Waals surface area contributed by atoms with Crippen LogP contribution >= 0.6 is 0 Å². The molecular formula is C22H17N5O10. The zero-order chi connectivity index (χ0) is 27.3. The Kier molecular flexibility index (Phi) is 7.57. The fourth-order valence-corrected chi connectivity index (χ4v) is 3.18. The summed E-state index contributed by atoms with van der Waals surface area (Å²) in [7, 11) is 2.55. The first-order chi connectivity index (χ1) is 17.5. The number of carbonyl (C=O) groups is 2. The van der Waals surface area contributed by atoms with E-state index in [0.29, 0.717) is 0 Å². The van der Waals surface area contributed by atoms with E-state index in [-0.39, 0.29) is 45.4 Å². The maximum atomic E-state index is 12.9. The van der Waals surface area contributed by atoms with Crippen molar-refractivity contribution in [3.8, 4) is 11.5 Å². The number of nitrogens with one attached hydrogen (secondary N) is 2. The molecule has 0 saturated heterocycles. The molecule has 37 heavy (non-hydrogen) atoms. The Bertz CT molecular complexity index is 1340. The first-order valence-corrected chi connectivity index (χ1v) is 10.1. The molecule has 2 amide bonds. The first kappa shape index (κ1) is 26.0. The zero-order valence-corrected chi connectivity index (χ0v) is 19.1. The van der Waals surface area contributed by atoms with Crippen LogP contribution in [0.2, 0.25) is 0 Å². The Labute approximate surface area is 207 Å². The molecular weight excluding hydrogens is 494 g/mol. The molecule has 0 aliphatic rings. The van der Waals surface area contributed by atoms with Gasteiger partial charge in [0, 0.05) is 47.5 Å². The first-order valence-electron chi connectivity index (χ1n) is 10.1. The number of amides is 2. The van der Waals surface area contributed by atoms with Crippen LogP contribution in [0.3, 0.4) is 0 Å². The molecule has 15 nitrogen and oxygen atoms in total. The Balaban J connectivity index is 1.98. The van der Waals surface area contributed by atoms with Gasteiger partial charge < -0.3 is 20.1 Å². The second kappa shape index (κ2) is 10.8. The normalized spacial score (nSPS) is 10.2. The van der Waals surface area contributed by atoms with E-state index in [1.807, 2.05) is 0 Å². The number of methoxy groups -OCH3 is 2. The van der Waals surface area contributed by atoms with Gasteiger partial charge in [0.1, 0.15) is 11.5 Å². The molecule has 190 valence electrons. The number of non-ortho nitro benzene ring substituents is 3. The fourth-order valence-electron chi connectivity index (χ4n) is 3.18. The maximum absolute atomic E-state index is 12.9. The highest BCUT2D eigenvalue weighted by Crippen LogP contribution is 2.31. The quantitative estimate of drug-likeness (QED) is 0.312. The highest BCUT2D eigenvalue weighted by molar-refractivity contribution is 6.10. The van der Waals surface area contributed by atoms with E-state index < -0.39 is 32.3 Å². The summed E-state index contributed by atoms with van der Waals surface area (Å²) in [5.74, 6) is -1.69. The number of carbonyl (C=O) groups excluding carboxylic acids is 2. The summed E-state index contributed by atoms with van der Waals surface area (Å²) in [6.07, 6.45) is 0. The smallest absolute Gasteiger partial charge is 0.271 e. The molecule has 0 aliphatic heterocycles. The van der Waals surface area contributed by atoms with Crippen molar-refractivity contribution < 1.29 is 33.8 Å². The molecule has 0 fully saturated rings. The molecule has 2 N–H and O–H groups in total. The van der Waals surface area contributed by atoms with E-state index in [0.717, 1.165) is 42.5 Å². The van der Waals surface area contributed by atoms with Gasteiger partial charge in [-0.05, 0) is 18.2 Å². The Hall–Kier alpha value is -5.60. The SMILES string of the molecule is COc1ccc([N+](=O)[O-])cc1NC(=O)c1cc(C(=O)Nc2cc([N+](=O)[O-])ccc2OC)cc([N+](=O)[O-])c1. The topological polar surface area (TPSA) is 206 Å². The molecule has 3 aromatic rings. The second-order valence-electron chi connectivity index (χ2n) is 7.22. The summed E-state index contributed by atoms with van der Waals surface area (Å²) < 4.78 is 10.2. The molecule has 15 heteroatoms. The van der Waals surface area contributed by atoms with Crippen LogP contribution in [0.25, 0.3) is 0 Å². The number of anilines is 2. The zero-order valence-electron chi connectivity index (χ0n) is 19.1. The van der Waals surface area contributed by atoms with Crippen LogP contribution in [-0.2, 0) is 0 Å². The third-order valence-corrected chi connectivity index (χ3v) is 4.94. The lowest BCUT2D eigenvalue weighted by Gasteiger charge is -2.12. The van der Waals surface area contributed by atoms with Gasteiger partial charge in [0.25, 0.3) is 28.9 Å². The number of hydrogen-bond acceptors (Lipinski definition) is 10. The summed E-state index contributed by atoms with van der Waals surface area (Å²) in [6.45, 7) is 0. The van der Waals surface area contributed by atoms with E-state index in [1.165, 1.54) is 26.4 Å². The molecule has 0 unspecified atom stereocenters. The van der Waals surface area contributed by atoms with Crippen LogP contribution < -0.4 is 20.1 Å². The predicted octanol–water partition coefficient (Wildman–Crippen LogP) is 3.93. The third-order valence-electron chi connectivity index (χ3n) is 4.94. The molecule has 0 atom stereocenters. The largest absolute Gasteiger partial charge is 0.495 e. The maximum Gasteiger partial charge on any atom is 0.271 e. The van der Waals surface area contributed by atoms with Crippen molar-refractivity contribution in [1.29, 1.82) is 0 Å². The van der Waals surface area contributed by atoms with Gasteiger partial charge in [0.05, 0.1) is 40.4 Å². The van der Waals surface area contributed by atoms with Gasteiger partial charge in [-0.15, -0.1) is 0 Å². The summed E-state index contributed by atoms with van der Waals surface area (Å²) in [6, 6.07) is 9.77. The summed E-state index contributed by atoms with van der Waals surface area (Å²) in [5, 5.41) is 38.4. The number of rotatable bonds is 9. The van der Waals surface area contributed by atoms with Gasteiger partial charge in [-0.1, -0.05) is 0 Å². The Morgan fingerprint density at radius 3 is 1.32 bits per heavy atom. The van der Waals surface area contributed by atoms with Crippen molar-refractivity contribution >= 4 is 40.3 Å². The fraction of sp³-hybridized carbons (Fsp3) is 0.0909. The lowest BCUT2D eigenvalue weighted by atomic mass is 10.1. The number of hydrogen-bond donors (Lipinski definition) is 2. The Morgan fingerprint density at radius 2 is 1.00 bits per heavy atom. The third kappa shape index (κ3) is 5.91. The van der Waals surface area contributed by atoms with E-state index in [2.05, 4.69) is 10.6 Å². The van der Waals surface area contributed by atoms with Crippen LogP contribution in [0.15, 0.2) is 54.6 Å². The molecule has 0 radical (unpaired) electrons. The molecule has 0 heterocycles. The van der Waals surface area contributed by atoms with Gasteiger partial charge in [0.15, 0.2) is 0 Å². The highest BCUT2D eigenvalue weighted by Gasteiger charge is 2.21. The lowest BCUT2D eigenvalue weighted by molar-refractivity contribution is -0.385. The van der Waals surface area contributed by atoms with Crippen LogP contribution in [-0.4, -0.2) is 40.8 Å². The van der Waals surface area contributed by atoms with Gasteiger partial charge in [-0.3, -0.25) is 39.9 Å². The molecule has 3 aromatic carbocycles. The van der Waals surface area contributed by atoms with Crippen molar-refractivity contribution in [2.24, 2.45) is 0 Å². The van der Waals surface area contributed by atoms with Crippen molar-refractivity contribution in [2.45, 2.75) is 0 Å². The number of ether oxygens (including phenoxy) is 2. The van der Waals surface area contributed by atoms with Gasteiger partial charge >= 0.3 is 0 Å². The summed E-state index contributed by atoms with van der Waals surface area (Å²) in [4.78, 5) is 57.2. The van der Waals surface area contributed by atoms with E-state index in [1.54, 1.807) is 0 Å². The van der Waals surface area contributed by atoms with Gasteiger partial charge in [-0.2, -0.15) is 0 Å². The summed E-state index contributed by atoms with van der Waals surface area (Å²) >= 11 is 0. The van der Waals surface area contributed by atoms with E-state index in [9.17, 15) is 39.9 Å². The Morgan fingerprint density at radius 1 is 0.622 bits per heavy atom. The lowest BCUT2D eigenvalue weighted by Crippen LogP contribution is -2.17. The van der Waals surface area contributed by atoms with Crippen molar-refractivity contribution in [3.05, 3.63) is 96.1 Å². The van der Waals surface area contributed by atoms with Crippen LogP contribution in [0.5, 0.6) is 11.5 Å². The molecule has 0 bridgehead atoms.